The van der Waals surface area contributed by atoms with Crippen LogP contribution >= 0.6 is 0 Å². The van der Waals surface area contributed by atoms with Crippen LogP contribution in [-0.2, 0) is 9.59 Å². The van der Waals surface area contributed by atoms with Crippen molar-refractivity contribution in [2.75, 3.05) is 10.6 Å². The Bertz CT molecular complexity index is 813. The van der Waals surface area contributed by atoms with Crippen LogP contribution in [0.5, 0.6) is 0 Å². The smallest absolute Gasteiger partial charge is 0.255 e. The van der Waals surface area contributed by atoms with E-state index in [4.69, 9.17) is 0 Å². The molecule has 2 aromatic carbocycles. The molecule has 0 heterocycles. The molecule has 0 aliphatic rings. The van der Waals surface area contributed by atoms with Crippen LogP contribution in [0.2, 0.25) is 0 Å². The predicted octanol–water partition coefficient (Wildman–Crippen LogP) is 2.41. The number of anilines is 2. The van der Waals surface area contributed by atoms with Crippen molar-refractivity contribution in [3.8, 4) is 0 Å². The van der Waals surface area contributed by atoms with Gasteiger partial charge in [-0.25, -0.2) is 0 Å². The molecule has 0 aliphatic heterocycles. The number of carbonyl (C=O) groups is 3. The topological polar surface area (TPSA) is 98.3 Å². The Morgan fingerprint density at radius 3 is 2.27 bits per heavy atom. The fraction of sp³-hybridized carbons (Fsp3) is 0.250. The van der Waals surface area contributed by atoms with Gasteiger partial charge in [0.1, 0.15) is 0 Å². The van der Waals surface area contributed by atoms with E-state index in [0.29, 0.717) is 11.3 Å². The first kappa shape index (κ1) is 19.2. The number of amides is 2. The minimum absolute atomic E-state index is 0.100. The summed E-state index contributed by atoms with van der Waals surface area (Å²) in [6.45, 7) is 3.93. The van der Waals surface area contributed by atoms with Crippen LogP contribution in [0.15, 0.2) is 42.5 Å². The molecule has 0 bridgehead atoms. The molecule has 0 unspecified atom stereocenters. The van der Waals surface area contributed by atoms with Gasteiger partial charge in [-0.1, -0.05) is 12.1 Å². The summed E-state index contributed by atoms with van der Waals surface area (Å²) in [5.41, 5.74) is 3.90. The molecule has 6 heteroatoms. The van der Waals surface area contributed by atoms with Gasteiger partial charge in [0.05, 0.1) is 0 Å². The summed E-state index contributed by atoms with van der Waals surface area (Å²) in [7, 11) is 0. The predicted molar refractivity (Wildman–Crippen MR) is 97.8 cm³/mol. The Morgan fingerprint density at radius 2 is 1.62 bits per heavy atom. The highest BCUT2D eigenvalue weighted by Crippen LogP contribution is 2.19. The normalized spacial score (nSPS) is 10.2. The first-order valence-corrected chi connectivity index (χ1v) is 8.34. The molecular formula is C20H21N2O4-. The summed E-state index contributed by atoms with van der Waals surface area (Å²) in [6.07, 6.45) is 0.179. The quantitative estimate of drug-likeness (QED) is 0.798. The van der Waals surface area contributed by atoms with Crippen molar-refractivity contribution >= 4 is 29.2 Å². The second kappa shape index (κ2) is 8.80. The number of benzene rings is 2. The molecular weight excluding hydrogens is 332 g/mol. The van der Waals surface area contributed by atoms with Crippen LogP contribution in [0.1, 0.15) is 40.7 Å². The molecule has 0 atom stereocenters. The van der Waals surface area contributed by atoms with E-state index in [1.54, 1.807) is 24.3 Å². The van der Waals surface area contributed by atoms with Gasteiger partial charge in [0, 0.05) is 29.3 Å². The van der Waals surface area contributed by atoms with Crippen molar-refractivity contribution in [2.24, 2.45) is 0 Å². The Morgan fingerprint density at radius 1 is 0.923 bits per heavy atom. The highest BCUT2D eigenvalue weighted by Gasteiger charge is 2.09. The zero-order valence-corrected chi connectivity index (χ0v) is 14.8. The van der Waals surface area contributed by atoms with Crippen LogP contribution in [0, 0.1) is 13.8 Å². The fourth-order valence-corrected chi connectivity index (χ4v) is 2.40. The molecule has 2 N–H and O–H groups in total. The second-order valence-corrected chi connectivity index (χ2v) is 6.05. The van der Waals surface area contributed by atoms with Crippen LogP contribution in [0.3, 0.4) is 0 Å². The van der Waals surface area contributed by atoms with Gasteiger partial charge in [-0.2, -0.15) is 0 Å². The van der Waals surface area contributed by atoms with Gasteiger partial charge in [0.15, 0.2) is 0 Å². The number of carboxylic acid groups (broad SMARTS) is 1. The van der Waals surface area contributed by atoms with Crippen molar-refractivity contribution in [3.05, 3.63) is 59.2 Å². The third-order valence-corrected chi connectivity index (χ3v) is 4.07. The average molecular weight is 353 g/mol. The number of carboxylic acids is 1. The van der Waals surface area contributed by atoms with Crippen LogP contribution < -0.4 is 15.7 Å². The summed E-state index contributed by atoms with van der Waals surface area (Å²) in [5, 5.41) is 15.9. The highest BCUT2D eigenvalue weighted by molar-refractivity contribution is 6.05. The maximum atomic E-state index is 12.4. The van der Waals surface area contributed by atoms with E-state index in [1.165, 1.54) is 0 Å². The Kier molecular flexibility index (Phi) is 6.49. The van der Waals surface area contributed by atoms with Gasteiger partial charge in [0.25, 0.3) is 5.91 Å². The number of nitrogens with one attached hydrogen (secondary N) is 2. The zero-order chi connectivity index (χ0) is 19.1. The molecule has 6 nitrogen and oxygen atoms in total. The largest absolute Gasteiger partial charge is 0.550 e. The van der Waals surface area contributed by atoms with E-state index in [1.807, 2.05) is 32.0 Å². The van der Waals surface area contributed by atoms with Crippen LogP contribution in [0.25, 0.3) is 0 Å². The maximum absolute atomic E-state index is 12.4. The Labute approximate surface area is 152 Å². The van der Waals surface area contributed by atoms with Crippen molar-refractivity contribution in [1.82, 2.24) is 0 Å². The van der Waals surface area contributed by atoms with Crippen LogP contribution in [-0.4, -0.2) is 17.8 Å². The van der Waals surface area contributed by atoms with Gasteiger partial charge < -0.3 is 20.5 Å². The molecule has 0 saturated carbocycles. The summed E-state index contributed by atoms with van der Waals surface area (Å²) in [6, 6.07) is 12.2. The summed E-state index contributed by atoms with van der Waals surface area (Å²) < 4.78 is 0. The SMILES string of the molecule is Cc1cccc(NC(=O)c2ccc(NC(=O)CCCC(=O)[O-])cc2)c1C. The first-order valence-electron chi connectivity index (χ1n) is 8.34. The average Bonchev–Trinajstić information content (AvgIpc) is 2.59. The van der Waals surface area contributed by atoms with Crippen molar-refractivity contribution in [1.29, 1.82) is 0 Å². The lowest BCUT2D eigenvalue weighted by Gasteiger charge is -2.11. The molecule has 0 spiro atoms. The van der Waals surface area contributed by atoms with Crippen molar-refractivity contribution in [2.45, 2.75) is 33.1 Å². The summed E-state index contributed by atoms with van der Waals surface area (Å²) in [5.74, 6) is -1.68. The van der Waals surface area contributed by atoms with Crippen molar-refractivity contribution < 1.29 is 19.5 Å². The molecule has 0 aromatic heterocycles. The summed E-state index contributed by atoms with van der Waals surface area (Å²) >= 11 is 0. The third-order valence-electron chi connectivity index (χ3n) is 4.07. The molecule has 2 aromatic rings. The molecule has 0 aliphatic carbocycles. The minimum atomic E-state index is -1.17. The van der Waals surface area contributed by atoms with Gasteiger partial charge >= 0.3 is 0 Å². The number of aliphatic carboxylic acids is 1. The number of hydrogen-bond donors (Lipinski definition) is 2. The number of carbonyl (C=O) groups excluding carboxylic acids is 3. The van der Waals surface area contributed by atoms with E-state index in [2.05, 4.69) is 10.6 Å². The van der Waals surface area contributed by atoms with Gasteiger partial charge in [-0.15, -0.1) is 0 Å². The number of aryl methyl sites for hydroxylation is 1. The lowest BCUT2D eigenvalue weighted by Crippen LogP contribution is -2.22. The Balaban J connectivity index is 1.94. The molecule has 0 saturated heterocycles. The van der Waals surface area contributed by atoms with E-state index in [0.717, 1.165) is 16.8 Å². The number of hydrogen-bond acceptors (Lipinski definition) is 4. The molecule has 0 radical (unpaired) electrons. The molecule has 2 amide bonds. The van der Waals surface area contributed by atoms with E-state index >= 15 is 0 Å². The molecule has 2 rings (SSSR count). The highest BCUT2D eigenvalue weighted by atomic mass is 16.4. The van der Waals surface area contributed by atoms with Gasteiger partial charge in [0.2, 0.25) is 5.91 Å². The van der Waals surface area contributed by atoms with Crippen molar-refractivity contribution in [3.63, 3.8) is 0 Å². The Hall–Kier alpha value is -3.15. The van der Waals surface area contributed by atoms with E-state index in [-0.39, 0.29) is 31.1 Å². The number of rotatable bonds is 7. The maximum Gasteiger partial charge on any atom is 0.255 e. The third kappa shape index (κ3) is 5.44. The molecule has 0 fully saturated rings. The zero-order valence-electron chi connectivity index (χ0n) is 14.8. The fourth-order valence-electron chi connectivity index (χ4n) is 2.40. The lowest BCUT2D eigenvalue weighted by atomic mass is 10.1. The van der Waals surface area contributed by atoms with Crippen LogP contribution in [0.4, 0.5) is 11.4 Å². The standard InChI is InChI=1S/C20H22N2O4/c1-13-5-3-6-17(14(13)2)22-20(26)15-9-11-16(12-10-15)21-18(23)7-4-8-19(24)25/h3,5-6,9-12H,4,7-8H2,1-2H3,(H,21,23)(H,22,26)(H,24,25)/p-1. The van der Waals surface area contributed by atoms with E-state index in [9.17, 15) is 19.5 Å². The molecule has 136 valence electrons. The first-order chi connectivity index (χ1) is 12.4. The molecule has 26 heavy (non-hydrogen) atoms. The van der Waals surface area contributed by atoms with Gasteiger partial charge in [-0.05, 0) is 68.1 Å². The monoisotopic (exact) mass is 353 g/mol. The van der Waals surface area contributed by atoms with Gasteiger partial charge in [-0.3, -0.25) is 9.59 Å². The second-order valence-electron chi connectivity index (χ2n) is 6.05. The minimum Gasteiger partial charge on any atom is -0.550 e. The lowest BCUT2D eigenvalue weighted by molar-refractivity contribution is -0.305. The summed E-state index contributed by atoms with van der Waals surface area (Å²) in [4.78, 5) is 34.4. The van der Waals surface area contributed by atoms with E-state index < -0.39 is 5.97 Å².